The van der Waals surface area contributed by atoms with E-state index in [9.17, 15) is 9.59 Å². The first-order valence-electron chi connectivity index (χ1n) is 11.6. The first-order valence-corrected chi connectivity index (χ1v) is 12.4. The molecule has 2 aromatic carbocycles. The lowest BCUT2D eigenvalue weighted by atomic mass is 9.95. The van der Waals surface area contributed by atoms with E-state index in [0.717, 1.165) is 4.47 Å². The van der Waals surface area contributed by atoms with Gasteiger partial charge in [0.25, 0.3) is 11.5 Å². The Morgan fingerprint density at radius 3 is 2.61 bits per heavy atom. The topological polar surface area (TPSA) is 95.2 Å². The predicted molar refractivity (Wildman–Crippen MR) is 141 cm³/mol. The molecule has 10 heteroatoms. The molecule has 1 amide bonds. The van der Waals surface area contributed by atoms with E-state index in [1.165, 1.54) is 11.8 Å². The summed E-state index contributed by atoms with van der Waals surface area (Å²) in [5.41, 5.74) is 0.644. The maximum Gasteiger partial charge on any atom is 0.282 e. The number of fused-ring (bicyclic) bond motifs is 1. The smallest absolute Gasteiger partial charge is 0.282 e. The number of amides is 1. The van der Waals surface area contributed by atoms with Crippen molar-refractivity contribution in [3.63, 3.8) is 0 Å². The Morgan fingerprint density at radius 2 is 1.92 bits per heavy atom. The van der Waals surface area contributed by atoms with E-state index in [4.69, 9.17) is 19.2 Å². The Hall–Kier alpha value is -3.24. The van der Waals surface area contributed by atoms with Gasteiger partial charge < -0.3 is 19.1 Å². The van der Waals surface area contributed by atoms with Gasteiger partial charge >= 0.3 is 0 Å². The summed E-state index contributed by atoms with van der Waals surface area (Å²) in [5.74, 6) is 1.35. The molecule has 190 valence electrons. The van der Waals surface area contributed by atoms with E-state index in [1.54, 1.807) is 35.4 Å². The molecule has 1 aliphatic rings. The molecule has 0 aliphatic carbocycles. The molecule has 9 nitrogen and oxygen atoms in total. The summed E-state index contributed by atoms with van der Waals surface area (Å²) in [5, 5.41) is 4.97. The highest BCUT2D eigenvalue weighted by atomic mass is 79.9. The van der Waals surface area contributed by atoms with E-state index < -0.39 is 5.41 Å². The molecule has 0 unspecified atom stereocenters. The normalized spacial score (nSPS) is 14.4. The second kappa shape index (κ2) is 10.8. The van der Waals surface area contributed by atoms with Crippen molar-refractivity contribution in [1.29, 1.82) is 0 Å². The lowest BCUT2D eigenvalue weighted by Gasteiger charge is -2.26. The average Bonchev–Trinajstić information content (AvgIpc) is 2.87. The monoisotopic (exact) mass is 556 g/mol. The molecule has 1 aromatic heterocycles. The van der Waals surface area contributed by atoms with Crippen LogP contribution in [0.2, 0.25) is 0 Å². The fourth-order valence-electron chi connectivity index (χ4n) is 3.79. The number of carbonyl (C=O) groups excluding carboxylic acids is 1. The van der Waals surface area contributed by atoms with Gasteiger partial charge in [-0.25, -0.2) is 4.98 Å². The standard InChI is InChI=1S/C26H29BrN4O5/c1-26(2,3)25-29-20-7-6-18(27)14-19(20)24(33)31(25)28-15-17-5-8-21(22(13-17)34-4)36-16-23(32)30-9-11-35-12-10-30/h5-8,13-15H,9-12,16H2,1-4H3. The Bertz CT molecular complexity index is 1360. The minimum Gasteiger partial charge on any atom is -0.493 e. The third-order valence-electron chi connectivity index (χ3n) is 5.70. The Labute approximate surface area is 217 Å². The number of benzene rings is 2. The minimum absolute atomic E-state index is 0.0908. The number of rotatable bonds is 6. The van der Waals surface area contributed by atoms with Crippen molar-refractivity contribution in [1.82, 2.24) is 14.6 Å². The van der Waals surface area contributed by atoms with E-state index in [0.29, 0.717) is 60.1 Å². The third kappa shape index (κ3) is 5.76. The summed E-state index contributed by atoms with van der Waals surface area (Å²) < 4.78 is 18.6. The first-order chi connectivity index (χ1) is 17.2. The molecular formula is C26H29BrN4O5. The van der Waals surface area contributed by atoms with Crippen LogP contribution in [-0.2, 0) is 14.9 Å². The fourth-order valence-corrected chi connectivity index (χ4v) is 4.15. The van der Waals surface area contributed by atoms with Crippen molar-refractivity contribution in [2.45, 2.75) is 26.2 Å². The third-order valence-corrected chi connectivity index (χ3v) is 6.20. The van der Waals surface area contributed by atoms with Crippen LogP contribution in [0.3, 0.4) is 0 Å². The highest BCUT2D eigenvalue weighted by Gasteiger charge is 2.23. The van der Waals surface area contributed by atoms with Crippen LogP contribution in [0.1, 0.15) is 32.2 Å². The molecule has 1 fully saturated rings. The molecule has 3 aromatic rings. The molecule has 0 saturated carbocycles. The highest BCUT2D eigenvalue weighted by molar-refractivity contribution is 9.10. The van der Waals surface area contributed by atoms with Crippen molar-refractivity contribution in [2.24, 2.45) is 5.10 Å². The number of morpholine rings is 1. The Morgan fingerprint density at radius 1 is 1.17 bits per heavy atom. The molecule has 36 heavy (non-hydrogen) atoms. The molecule has 0 N–H and O–H groups in total. The van der Waals surface area contributed by atoms with Gasteiger partial charge in [0.1, 0.15) is 5.82 Å². The van der Waals surface area contributed by atoms with E-state index in [-0.39, 0.29) is 18.1 Å². The van der Waals surface area contributed by atoms with Gasteiger partial charge in [0, 0.05) is 23.0 Å². The highest BCUT2D eigenvalue weighted by Crippen LogP contribution is 2.28. The van der Waals surface area contributed by atoms with Crippen LogP contribution >= 0.6 is 15.9 Å². The molecule has 0 spiro atoms. The largest absolute Gasteiger partial charge is 0.493 e. The molecule has 0 radical (unpaired) electrons. The number of carbonyl (C=O) groups is 1. The van der Waals surface area contributed by atoms with Gasteiger partial charge in [0.05, 0.1) is 37.4 Å². The summed E-state index contributed by atoms with van der Waals surface area (Å²) >= 11 is 3.42. The van der Waals surface area contributed by atoms with Crippen LogP contribution in [0.5, 0.6) is 11.5 Å². The quantitative estimate of drug-likeness (QED) is 0.430. The van der Waals surface area contributed by atoms with Crippen LogP contribution in [0, 0.1) is 0 Å². The number of ether oxygens (including phenoxy) is 3. The lowest BCUT2D eigenvalue weighted by molar-refractivity contribution is -0.137. The number of hydrogen-bond acceptors (Lipinski definition) is 7. The van der Waals surface area contributed by atoms with Gasteiger partial charge in [0.15, 0.2) is 18.1 Å². The summed E-state index contributed by atoms with van der Waals surface area (Å²) in [6.07, 6.45) is 1.58. The first kappa shape index (κ1) is 25.8. The second-order valence-corrected chi connectivity index (χ2v) is 10.3. The lowest BCUT2D eigenvalue weighted by Crippen LogP contribution is -2.43. The second-order valence-electron chi connectivity index (χ2n) is 9.40. The van der Waals surface area contributed by atoms with Crippen molar-refractivity contribution >= 4 is 39.0 Å². The SMILES string of the molecule is COc1cc(C=Nn2c(C(C)(C)C)nc3ccc(Br)cc3c2=O)ccc1OCC(=O)N1CCOCC1. The molecule has 4 rings (SSSR count). The van der Waals surface area contributed by atoms with Crippen molar-refractivity contribution < 1.29 is 19.0 Å². The maximum atomic E-state index is 13.3. The van der Waals surface area contributed by atoms with Crippen LogP contribution in [0.15, 0.2) is 50.8 Å². The molecule has 1 aliphatic heterocycles. The van der Waals surface area contributed by atoms with Gasteiger partial charge in [-0.2, -0.15) is 9.78 Å². The molecule has 1 saturated heterocycles. The number of aromatic nitrogens is 2. The van der Waals surface area contributed by atoms with E-state index >= 15 is 0 Å². The van der Waals surface area contributed by atoms with Gasteiger partial charge in [0.2, 0.25) is 0 Å². The number of halogens is 1. The van der Waals surface area contributed by atoms with Gasteiger partial charge in [-0.1, -0.05) is 36.7 Å². The van der Waals surface area contributed by atoms with Crippen molar-refractivity contribution in [3.8, 4) is 11.5 Å². The Kier molecular flexibility index (Phi) is 7.75. The summed E-state index contributed by atoms with van der Waals surface area (Å²) in [7, 11) is 1.53. The van der Waals surface area contributed by atoms with Crippen LogP contribution in [-0.4, -0.2) is 66.7 Å². The molecule has 2 heterocycles. The average molecular weight is 557 g/mol. The fraction of sp³-hybridized carbons (Fsp3) is 0.385. The Balaban J connectivity index is 1.60. The molecule has 0 atom stereocenters. The van der Waals surface area contributed by atoms with Gasteiger partial charge in [-0.3, -0.25) is 9.59 Å². The zero-order chi connectivity index (χ0) is 25.9. The van der Waals surface area contributed by atoms with Crippen LogP contribution in [0.4, 0.5) is 0 Å². The van der Waals surface area contributed by atoms with Crippen LogP contribution < -0.4 is 15.0 Å². The number of hydrogen-bond donors (Lipinski definition) is 0. The summed E-state index contributed by atoms with van der Waals surface area (Å²) in [6.45, 7) is 8.06. The summed E-state index contributed by atoms with van der Waals surface area (Å²) in [6, 6.07) is 10.7. The van der Waals surface area contributed by atoms with E-state index in [1.807, 2.05) is 32.9 Å². The zero-order valence-electron chi connectivity index (χ0n) is 20.8. The molecule has 0 bridgehead atoms. The maximum absolute atomic E-state index is 13.3. The summed E-state index contributed by atoms with van der Waals surface area (Å²) in [4.78, 5) is 32.2. The number of methoxy groups -OCH3 is 1. The predicted octanol–water partition coefficient (Wildman–Crippen LogP) is 3.58. The minimum atomic E-state index is -0.416. The van der Waals surface area contributed by atoms with Crippen molar-refractivity contribution in [2.75, 3.05) is 40.0 Å². The number of nitrogens with zero attached hydrogens (tertiary/aromatic N) is 4. The molecular weight excluding hydrogens is 528 g/mol. The van der Waals surface area contributed by atoms with Crippen LogP contribution in [0.25, 0.3) is 10.9 Å². The van der Waals surface area contributed by atoms with E-state index in [2.05, 4.69) is 21.0 Å². The van der Waals surface area contributed by atoms with Crippen molar-refractivity contribution in [3.05, 3.63) is 62.6 Å². The van der Waals surface area contributed by atoms with Gasteiger partial charge in [-0.15, -0.1) is 0 Å². The zero-order valence-corrected chi connectivity index (χ0v) is 22.4. The van der Waals surface area contributed by atoms with Gasteiger partial charge in [-0.05, 0) is 42.0 Å².